The van der Waals surface area contributed by atoms with Gasteiger partial charge in [-0.2, -0.15) is 9.97 Å². The summed E-state index contributed by atoms with van der Waals surface area (Å²) in [6.07, 6.45) is 11.7. The summed E-state index contributed by atoms with van der Waals surface area (Å²) in [6, 6.07) is 12.3. The summed E-state index contributed by atoms with van der Waals surface area (Å²) in [6.45, 7) is 9.52. The minimum Gasteiger partial charge on any atom is -0.472 e. The topological polar surface area (TPSA) is 75.6 Å². The highest BCUT2D eigenvalue weighted by Gasteiger charge is 2.49. The molecule has 0 spiro atoms. The lowest BCUT2D eigenvalue weighted by Crippen LogP contribution is -2.63. The Morgan fingerprint density at radius 1 is 1.17 bits per heavy atom. The van der Waals surface area contributed by atoms with Gasteiger partial charge in [0, 0.05) is 41.7 Å². The van der Waals surface area contributed by atoms with Crippen molar-refractivity contribution in [2.75, 3.05) is 31.1 Å². The molecule has 5 atom stereocenters. The summed E-state index contributed by atoms with van der Waals surface area (Å²) in [5, 5.41) is 6.00. The number of benzene rings is 2. The van der Waals surface area contributed by atoms with E-state index in [-0.39, 0.29) is 40.9 Å². The van der Waals surface area contributed by atoms with Crippen molar-refractivity contribution < 1.29 is 13.9 Å². The molecule has 2 unspecified atom stereocenters. The molecule has 2 bridgehead atoms. The first-order valence-electron chi connectivity index (χ1n) is 16.6. The van der Waals surface area contributed by atoms with Gasteiger partial charge in [-0.15, -0.1) is 6.42 Å². The first-order chi connectivity index (χ1) is 22.5. The lowest BCUT2D eigenvalue weighted by molar-refractivity contribution is 0.108. The Morgan fingerprint density at radius 2 is 2.04 bits per heavy atom. The standard InChI is InChI=1S/C37H37FN6O2/c1-4-22-9-6-10-23-11-7-12-25(28(22)23)31-30(38)32-29-34(42-36(41-32)45-20-37-15-8-16-43(37)18-21(3)17-37)44-19-24-13-14-26(39-24)33(44)27(5-2)46-35(29)40-31/h1,6-7,9-12,24,26-27,33,39H,3,5,8,13-20H2,2H3/t24-,26+,27?,33+,37?/m1/s1. The van der Waals surface area contributed by atoms with E-state index in [4.69, 9.17) is 30.8 Å². The van der Waals surface area contributed by atoms with Gasteiger partial charge in [0.1, 0.15) is 35.1 Å². The Labute approximate surface area is 268 Å². The molecule has 9 rings (SSSR count). The average Bonchev–Trinajstić information content (AvgIpc) is 3.71. The largest absolute Gasteiger partial charge is 0.472 e. The SMILES string of the molecule is C#Cc1cccc2cccc(-c3nc4c5c(nc(OCC67CCCN6CC(=C)C7)nc5c3F)N3C[C@H]5CC[C@H](N5)[C@H]3C(CC)O4)c12. The lowest BCUT2D eigenvalue weighted by atomic mass is 9.94. The third-order valence-electron chi connectivity index (χ3n) is 11.0. The second-order valence-corrected chi connectivity index (χ2v) is 13.7. The Kier molecular flexibility index (Phi) is 6.32. The molecule has 8 nitrogen and oxygen atoms in total. The Balaban J connectivity index is 1.25. The van der Waals surface area contributed by atoms with Crippen molar-refractivity contribution in [1.82, 2.24) is 25.2 Å². The molecule has 4 fully saturated rings. The third-order valence-corrected chi connectivity index (χ3v) is 11.0. The van der Waals surface area contributed by atoms with E-state index in [9.17, 15) is 0 Å². The Morgan fingerprint density at radius 3 is 2.89 bits per heavy atom. The van der Waals surface area contributed by atoms with Crippen LogP contribution >= 0.6 is 0 Å². The summed E-state index contributed by atoms with van der Waals surface area (Å²) < 4.78 is 30.5. The number of hydrogen-bond acceptors (Lipinski definition) is 8. The first-order valence-corrected chi connectivity index (χ1v) is 16.6. The highest BCUT2D eigenvalue weighted by Crippen LogP contribution is 2.46. The highest BCUT2D eigenvalue weighted by atomic mass is 19.1. The average molecular weight is 617 g/mol. The molecule has 0 radical (unpaired) electrons. The molecular weight excluding hydrogens is 579 g/mol. The maximum absolute atomic E-state index is 17.2. The molecule has 5 aliphatic rings. The van der Waals surface area contributed by atoms with Crippen LogP contribution in [0.4, 0.5) is 10.2 Å². The maximum Gasteiger partial charge on any atom is 0.319 e. The molecule has 1 N–H and O–H groups in total. The maximum atomic E-state index is 17.2. The van der Waals surface area contributed by atoms with Gasteiger partial charge in [0.15, 0.2) is 5.82 Å². The molecule has 2 aromatic heterocycles. The predicted octanol–water partition coefficient (Wildman–Crippen LogP) is 5.62. The van der Waals surface area contributed by atoms with Crippen molar-refractivity contribution in [2.24, 2.45) is 0 Å². The van der Waals surface area contributed by atoms with E-state index >= 15 is 4.39 Å². The monoisotopic (exact) mass is 616 g/mol. The minimum absolute atomic E-state index is 0.0167. The number of rotatable bonds is 5. The van der Waals surface area contributed by atoms with Crippen LogP contribution in [0.1, 0.15) is 51.0 Å². The van der Waals surface area contributed by atoms with E-state index in [2.05, 4.69) is 34.5 Å². The van der Waals surface area contributed by atoms with E-state index in [0.29, 0.717) is 40.9 Å². The van der Waals surface area contributed by atoms with Crippen molar-refractivity contribution in [3.05, 3.63) is 59.9 Å². The molecule has 4 aromatic rings. The second-order valence-electron chi connectivity index (χ2n) is 13.7. The van der Waals surface area contributed by atoms with Crippen molar-refractivity contribution in [1.29, 1.82) is 0 Å². The zero-order chi connectivity index (χ0) is 31.2. The first kappa shape index (κ1) is 28.0. The van der Waals surface area contributed by atoms with Crippen LogP contribution in [0.15, 0.2) is 48.6 Å². The fourth-order valence-corrected chi connectivity index (χ4v) is 9.01. The molecular formula is C37H37FN6O2. The van der Waals surface area contributed by atoms with Gasteiger partial charge in [-0.3, -0.25) is 4.90 Å². The summed E-state index contributed by atoms with van der Waals surface area (Å²) in [5.41, 5.74) is 2.72. The van der Waals surface area contributed by atoms with E-state index in [0.717, 1.165) is 68.9 Å². The van der Waals surface area contributed by atoms with Gasteiger partial charge in [-0.1, -0.05) is 55.3 Å². The molecule has 0 saturated carbocycles. The zero-order valence-electron chi connectivity index (χ0n) is 26.1. The van der Waals surface area contributed by atoms with Gasteiger partial charge in [-0.25, -0.2) is 9.37 Å². The van der Waals surface area contributed by atoms with Crippen LogP contribution in [-0.2, 0) is 0 Å². The van der Waals surface area contributed by atoms with Crippen LogP contribution in [0, 0.1) is 18.2 Å². The smallest absolute Gasteiger partial charge is 0.319 e. The molecule has 5 aliphatic heterocycles. The van der Waals surface area contributed by atoms with Crippen LogP contribution in [0.25, 0.3) is 32.9 Å². The summed E-state index contributed by atoms with van der Waals surface area (Å²) in [7, 11) is 0. The summed E-state index contributed by atoms with van der Waals surface area (Å²) in [5.74, 6) is 3.25. The highest BCUT2D eigenvalue weighted by molar-refractivity contribution is 6.03. The molecule has 7 heterocycles. The van der Waals surface area contributed by atoms with Gasteiger partial charge in [-0.05, 0) is 56.5 Å². The van der Waals surface area contributed by atoms with E-state index < -0.39 is 5.82 Å². The number of piperazine rings is 1. The predicted molar refractivity (Wildman–Crippen MR) is 177 cm³/mol. The van der Waals surface area contributed by atoms with Crippen LogP contribution in [-0.4, -0.2) is 75.9 Å². The summed E-state index contributed by atoms with van der Waals surface area (Å²) >= 11 is 0. The number of ether oxygens (including phenoxy) is 2. The number of nitrogens with one attached hydrogen (secondary N) is 1. The fourth-order valence-electron chi connectivity index (χ4n) is 9.01. The number of anilines is 1. The number of aromatic nitrogens is 3. The van der Waals surface area contributed by atoms with Crippen LogP contribution in [0.2, 0.25) is 0 Å². The van der Waals surface area contributed by atoms with Gasteiger partial charge in [0.05, 0.1) is 11.6 Å². The summed E-state index contributed by atoms with van der Waals surface area (Å²) in [4.78, 5) is 19.6. The quantitative estimate of drug-likeness (QED) is 0.229. The van der Waals surface area contributed by atoms with Gasteiger partial charge < -0.3 is 19.7 Å². The third kappa shape index (κ3) is 4.09. The zero-order valence-corrected chi connectivity index (χ0v) is 26.1. The Hall–Kier alpha value is -4.26. The molecule has 234 valence electrons. The van der Waals surface area contributed by atoms with Crippen LogP contribution in [0.5, 0.6) is 11.9 Å². The van der Waals surface area contributed by atoms with Crippen LogP contribution in [0.3, 0.4) is 0 Å². The van der Waals surface area contributed by atoms with E-state index in [1.807, 2.05) is 36.4 Å². The molecule has 0 aliphatic carbocycles. The van der Waals surface area contributed by atoms with Crippen molar-refractivity contribution >= 4 is 27.5 Å². The number of nitrogens with zero attached hydrogens (tertiary/aromatic N) is 5. The van der Waals surface area contributed by atoms with Gasteiger partial charge in [0.25, 0.3) is 0 Å². The number of fused-ring (bicyclic) bond motifs is 7. The van der Waals surface area contributed by atoms with Crippen molar-refractivity contribution in [3.63, 3.8) is 0 Å². The molecule has 9 heteroatoms. The van der Waals surface area contributed by atoms with Crippen LogP contribution < -0.4 is 19.7 Å². The molecule has 2 aromatic carbocycles. The number of terminal acetylenes is 1. The number of halogens is 1. The second kappa shape index (κ2) is 10.4. The van der Waals surface area contributed by atoms with E-state index in [1.165, 1.54) is 5.57 Å². The van der Waals surface area contributed by atoms with Gasteiger partial charge >= 0.3 is 6.01 Å². The Bertz CT molecular complexity index is 1970. The molecule has 46 heavy (non-hydrogen) atoms. The normalized spacial score (nSPS) is 28.2. The van der Waals surface area contributed by atoms with E-state index in [1.54, 1.807) is 0 Å². The lowest BCUT2D eigenvalue weighted by Gasteiger charge is -2.43. The number of hydrogen-bond donors (Lipinski definition) is 1. The van der Waals surface area contributed by atoms with Crippen molar-refractivity contribution in [3.8, 4) is 35.5 Å². The molecule has 4 saturated heterocycles. The van der Waals surface area contributed by atoms with Crippen molar-refractivity contribution in [2.45, 2.75) is 75.2 Å². The molecule has 0 amide bonds. The van der Waals surface area contributed by atoms with Gasteiger partial charge in [0.2, 0.25) is 5.88 Å². The minimum atomic E-state index is -0.533. The number of pyridine rings is 1. The fraction of sp³-hybridized carbons (Fsp3) is 0.432.